The molecule has 5 aromatic heterocycles. The van der Waals surface area contributed by atoms with E-state index in [0.717, 1.165) is 10.8 Å². The second kappa shape index (κ2) is 13.1. The maximum absolute atomic E-state index is 8.11. The van der Waals surface area contributed by atoms with E-state index in [0.29, 0.717) is 50.1 Å². The summed E-state index contributed by atoms with van der Waals surface area (Å²) < 4.78 is 97.0. The van der Waals surface area contributed by atoms with Crippen LogP contribution in [-0.4, -0.2) is 19.9 Å². The number of nitrogens with zero attached hydrogens (tertiary/aromatic N) is 4. The summed E-state index contributed by atoms with van der Waals surface area (Å²) in [6.45, 7) is -9.10. The summed E-state index contributed by atoms with van der Waals surface area (Å²) in [6, 6.07) is 31.4. The Bertz CT molecular complexity index is 2680. The second-order valence-electron chi connectivity index (χ2n) is 10.2. The summed E-state index contributed by atoms with van der Waals surface area (Å²) in [5.41, 5.74) is 5.03. The number of furan rings is 1. The van der Waals surface area contributed by atoms with Gasteiger partial charge in [-0.25, -0.2) is 4.98 Å². The molecule has 0 saturated heterocycles. The molecule has 0 spiro atoms. The number of hydrogen-bond acceptors (Lipinski definition) is 5. The number of pyridine rings is 4. The topological polar surface area (TPSA) is 64.7 Å². The first-order chi connectivity index (χ1) is 26.8. The minimum absolute atomic E-state index is 0. The first-order valence-electron chi connectivity index (χ1n) is 19.9. The van der Waals surface area contributed by atoms with Crippen molar-refractivity contribution < 1.29 is 41.0 Å². The van der Waals surface area contributed by atoms with Crippen LogP contribution < -0.4 is 0 Å². The minimum atomic E-state index is -2.40. The zero-order chi connectivity index (χ0) is 40.9. The van der Waals surface area contributed by atoms with E-state index in [1.165, 1.54) is 36.7 Å². The summed E-state index contributed by atoms with van der Waals surface area (Å²) in [7, 11) is 0. The van der Waals surface area contributed by atoms with E-state index >= 15 is 0 Å². The van der Waals surface area contributed by atoms with Gasteiger partial charge < -0.3 is 14.4 Å². The molecule has 46 heavy (non-hydrogen) atoms. The fraction of sp³-hybridized carbons (Fsp3) is 0.100. The molecule has 0 aliphatic carbocycles. The van der Waals surface area contributed by atoms with Crippen molar-refractivity contribution in [2.75, 3.05) is 0 Å². The molecule has 227 valence electrons. The van der Waals surface area contributed by atoms with Crippen molar-refractivity contribution in [3.63, 3.8) is 0 Å². The van der Waals surface area contributed by atoms with Crippen LogP contribution in [0, 0.1) is 39.5 Å². The molecule has 6 heteroatoms. The molecule has 0 aliphatic heterocycles. The van der Waals surface area contributed by atoms with Gasteiger partial charge in [0, 0.05) is 77.2 Å². The van der Waals surface area contributed by atoms with Crippen molar-refractivity contribution in [1.82, 2.24) is 19.9 Å². The Morgan fingerprint density at radius 3 is 2.41 bits per heavy atom. The summed E-state index contributed by atoms with van der Waals surface area (Å²) >= 11 is 0. The average Bonchev–Trinajstić information content (AvgIpc) is 3.55. The Hall–Kier alpha value is -5.03. The maximum atomic E-state index is 8.11. The largest absolute Gasteiger partial charge is 0.486 e. The Labute approximate surface area is 298 Å². The third-order valence-electron chi connectivity index (χ3n) is 7.23. The van der Waals surface area contributed by atoms with Gasteiger partial charge in [-0.15, -0.1) is 53.6 Å². The molecule has 0 atom stereocenters. The van der Waals surface area contributed by atoms with Gasteiger partial charge in [-0.05, 0) is 66.8 Å². The number of benzene rings is 3. The number of aryl methyl sites for hydroxylation is 4. The van der Waals surface area contributed by atoms with Crippen LogP contribution in [0.2, 0.25) is 0 Å². The molecule has 0 N–H and O–H groups in total. The molecule has 0 amide bonds. The van der Waals surface area contributed by atoms with E-state index in [4.69, 9.17) is 20.9 Å². The van der Waals surface area contributed by atoms with E-state index in [-0.39, 0.29) is 48.2 Å². The molecule has 5 heterocycles. The molecular weight excluding hydrogens is 745 g/mol. The SMILES string of the molecule is [2H]C([2H])([2H])c1c[c-]c(-c2ccc(C([2H])([2H])[2H])cn2)cc1.[2H]C([2H])([2H])c1ccc2c(n1)oc1c(-c3cc(-c4cccc5cccnc45)c(C([2H])([2H])[2H])cn3)[c-]ccc12.[Ir]. The zero-order valence-corrected chi connectivity index (χ0v) is 26.3. The predicted octanol–water partition coefficient (Wildman–Crippen LogP) is 9.84. The summed E-state index contributed by atoms with van der Waals surface area (Å²) in [5, 5.41) is 2.27. The Balaban J connectivity index is 0.000000230. The van der Waals surface area contributed by atoms with Gasteiger partial charge in [-0.3, -0.25) is 4.98 Å². The maximum Gasteiger partial charge on any atom is 0.216 e. The third-order valence-corrected chi connectivity index (χ3v) is 7.23. The van der Waals surface area contributed by atoms with Crippen molar-refractivity contribution >= 4 is 33.0 Å². The fourth-order valence-electron chi connectivity index (χ4n) is 5.09. The van der Waals surface area contributed by atoms with Gasteiger partial charge in [0.2, 0.25) is 5.71 Å². The Kier molecular flexibility index (Phi) is 5.56. The van der Waals surface area contributed by atoms with Gasteiger partial charge in [0.15, 0.2) is 0 Å². The Morgan fingerprint density at radius 1 is 0.717 bits per heavy atom. The van der Waals surface area contributed by atoms with Crippen molar-refractivity contribution in [3.05, 3.63) is 144 Å². The quantitative estimate of drug-likeness (QED) is 0.167. The van der Waals surface area contributed by atoms with Crippen LogP contribution in [0.25, 0.3) is 66.6 Å². The van der Waals surface area contributed by atoms with E-state index in [2.05, 4.69) is 32.1 Å². The number of para-hydroxylation sites is 1. The van der Waals surface area contributed by atoms with Gasteiger partial charge in [0.25, 0.3) is 0 Å². The zero-order valence-electron chi connectivity index (χ0n) is 35.9. The molecular formula is C40H30IrN4O-2. The van der Waals surface area contributed by atoms with Crippen molar-refractivity contribution in [3.8, 4) is 33.6 Å². The van der Waals surface area contributed by atoms with E-state index < -0.39 is 27.4 Å². The molecule has 5 nitrogen and oxygen atoms in total. The Morgan fingerprint density at radius 2 is 1.61 bits per heavy atom. The van der Waals surface area contributed by atoms with Crippen molar-refractivity contribution in [1.29, 1.82) is 0 Å². The molecule has 8 rings (SSSR count). The molecule has 0 bridgehead atoms. The van der Waals surface area contributed by atoms with Gasteiger partial charge in [0.1, 0.15) is 0 Å². The van der Waals surface area contributed by atoms with E-state index in [9.17, 15) is 0 Å². The van der Waals surface area contributed by atoms with Crippen molar-refractivity contribution in [2.24, 2.45) is 0 Å². The third kappa shape index (κ3) is 6.10. The fourth-order valence-corrected chi connectivity index (χ4v) is 5.09. The van der Waals surface area contributed by atoms with Gasteiger partial charge >= 0.3 is 0 Å². The van der Waals surface area contributed by atoms with Crippen LogP contribution >= 0.6 is 0 Å². The summed E-state index contributed by atoms with van der Waals surface area (Å²) in [6.07, 6.45) is 4.33. The standard InChI is InChI=1S/C27H18N3O.C13H12N.Ir/c1-16-15-29-24(14-23(16)19-8-3-6-18-7-5-13-28-25(18)19)22-10-4-9-20-21-12-11-17(2)30-27(21)31-26(20)22;1-10-3-6-12(7-4-10)13-8-5-11(2)9-14-13;/h3-9,11-15H,1-2H3;3-6,8-9H,1-2H3;/q2*-1;/i2*1D3,2D3;. The molecule has 0 aliphatic rings. The first kappa shape index (κ1) is 19.5. The predicted molar refractivity (Wildman–Crippen MR) is 182 cm³/mol. The van der Waals surface area contributed by atoms with Gasteiger partial charge in [-0.1, -0.05) is 60.3 Å². The number of rotatable bonds is 3. The average molecular weight is 787 g/mol. The summed E-state index contributed by atoms with van der Waals surface area (Å²) in [4.78, 5) is 17.3. The minimum Gasteiger partial charge on any atom is -0.486 e. The van der Waals surface area contributed by atoms with Crippen LogP contribution in [0.1, 0.15) is 38.8 Å². The molecule has 1 radical (unpaired) electrons. The molecule has 0 fully saturated rings. The smallest absolute Gasteiger partial charge is 0.216 e. The molecule has 0 unspecified atom stereocenters. The van der Waals surface area contributed by atoms with Crippen LogP contribution in [0.4, 0.5) is 0 Å². The van der Waals surface area contributed by atoms with Crippen LogP contribution in [0.5, 0.6) is 0 Å². The first-order valence-corrected chi connectivity index (χ1v) is 13.9. The molecule has 3 aromatic carbocycles. The summed E-state index contributed by atoms with van der Waals surface area (Å²) in [5.74, 6) is 0. The van der Waals surface area contributed by atoms with Gasteiger partial charge in [0.05, 0.1) is 11.1 Å². The van der Waals surface area contributed by atoms with Gasteiger partial charge in [-0.2, -0.15) is 0 Å². The molecule has 0 saturated carbocycles. The number of aromatic nitrogens is 4. The van der Waals surface area contributed by atoms with E-state index in [1.807, 2.05) is 36.4 Å². The van der Waals surface area contributed by atoms with Crippen LogP contribution in [0.15, 0.2) is 114 Å². The van der Waals surface area contributed by atoms with Crippen LogP contribution in [0.3, 0.4) is 0 Å². The monoisotopic (exact) mass is 787 g/mol. The number of fused-ring (bicyclic) bond motifs is 4. The van der Waals surface area contributed by atoms with Crippen molar-refractivity contribution in [2.45, 2.75) is 27.4 Å². The van der Waals surface area contributed by atoms with E-state index in [1.54, 1.807) is 36.5 Å². The second-order valence-corrected chi connectivity index (χ2v) is 10.2. The van der Waals surface area contributed by atoms with Crippen LogP contribution in [-0.2, 0) is 20.1 Å². The number of hydrogen-bond donors (Lipinski definition) is 0. The normalized spacial score (nSPS) is 15.8. The molecule has 8 aromatic rings.